The van der Waals surface area contributed by atoms with Crippen molar-refractivity contribution in [2.75, 3.05) is 4.90 Å². The second kappa shape index (κ2) is 8.16. The molecule has 0 saturated carbocycles. The number of fused-ring (bicyclic) bond motifs is 2. The van der Waals surface area contributed by atoms with Crippen molar-refractivity contribution in [2.24, 2.45) is 0 Å². The predicted molar refractivity (Wildman–Crippen MR) is 141 cm³/mol. The molecule has 0 unspecified atom stereocenters. The third kappa shape index (κ3) is 3.59. The van der Waals surface area contributed by atoms with Gasteiger partial charge >= 0.3 is 0 Å². The third-order valence-electron chi connectivity index (χ3n) is 6.19. The van der Waals surface area contributed by atoms with Crippen molar-refractivity contribution in [3.05, 3.63) is 120 Å². The molecule has 0 saturated heterocycles. The molecule has 0 aliphatic heterocycles. The molecule has 1 aromatic heterocycles. The fraction of sp³-hybridized carbons (Fsp3) is 0.0667. The minimum Gasteiger partial charge on any atom is -0.310 e. The summed E-state index contributed by atoms with van der Waals surface area (Å²) in [6.07, 6.45) is 0. The molecule has 1 heterocycles. The molecule has 34 heavy (non-hydrogen) atoms. The lowest BCUT2D eigenvalue weighted by molar-refractivity contribution is 0.771. The van der Waals surface area contributed by atoms with Crippen LogP contribution in [-0.4, -0.2) is 15.0 Å². The summed E-state index contributed by atoms with van der Waals surface area (Å²) < 4.78 is 0. The number of hydrogen-bond donors (Lipinski definition) is 0. The van der Waals surface area contributed by atoms with E-state index in [0.29, 0.717) is 0 Å². The van der Waals surface area contributed by atoms with Crippen molar-refractivity contribution < 1.29 is 0 Å². The van der Waals surface area contributed by atoms with Gasteiger partial charge in [-0.15, -0.1) is 15.0 Å². The van der Waals surface area contributed by atoms with Gasteiger partial charge in [0.05, 0.1) is 5.69 Å². The molecule has 0 amide bonds. The van der Waals surface area contributed by atoms with Crippen LogP contribution in [0.5, 0.6) is 0 Å². The van der Waals surface area contributed by atoms with Crippen LogP contribution in [0.2, 0.25) is 0 Å². The van der Waals surface area contributed by atoms with Gasteiger partial charge in [-0.25, -0.2) is 0 Å². The van der Waals surface area contributed by atoms with E-state index in [1.54, 1.807) is 4.80 Å². The zero-order valence-corrected chi connectivity index (χ0v) is 19.2. The topological polar surface area (TPSA) is 34.0 Å². The molecule has 0 atom stereocenters. The van der Waals surface area contributed by atoms with Gasteiger partial charge in [-0.1, -0.05) is 71.8 Å². The Morgan fingerprint density at radius 1 is 0.559 bits per heavy atom. The molecule has 0 N–H and O–H groups in total. The van der Waals surface area contributed by atoms with Crippen molar-refractivity contribution >= 4 is 38.9 Å². The molecule has 4 nitrogen and oxygen atoms in total. The monoisotopic (exact) mass is 440 g/mol. The van der Waals surface area contributed by atoms with Crippen molar-refractivity contribution in [1.29, 1.82) is 0 Å². The number of rotatable bonds is 4. The normalized spacial score (nSPS) is 11.2. The first-order valence-electron chi connectivity index (χ1n) is 11.4. The first-order valence-corrected chi connectivity index (χ1v) is 11.4. The Bertz CT molecular complexity index is 1560. The molecule has 0 bridgehead atoms. The van der Waals surface area contributed by atoms with Gasteiger partial charge in [0.1, 0.15) is 11.0 Å². The van der Waals surface area contributed by atoms with Crippen LogP contribution in [0.3, 0.4) is 0 Å². The highest BCUT2D eigenvalue weighted by atomic mass is 15.5. The molecule has 0 fully saturated rings. The molecule has 0 aliphatic rings. The van der Waals surface area contributed by atoms with E-state index in [2.05, 4.69) is 116 Å². The van der Waals surface area contributed by atoms with Gasteiger partial charge in [0, 0.05) is 22.4 Å². The van der Waals surface area contributed by atoms with E-state index in [4.69, 9.17) is 10.2 Å². The fourth-order valence-corrected chi connectivity index (χ4v) is 4.37. The lowest BCUT2D eigenvalue weighted by atomic mass is 10.1. The van der Waals surface area contributed by atoms with E-state index in [9.17, 15) is 0 Å². The first kappa shape index (κ1) is 20.2. The summed E-state index contributed by atoms with van der Waals surface area (Å²) in [5.74, 6) is 0. The molecule has 4 heteroatoms. The Hall–Kier alpha value is -4.44. The fourth-order valence-electron chi connectivity index (χ4n) is 4.37. The number of aromatic nitrogens is 3. The lowest BCUT2D eigenvalue weighted by Gasteiger charge is -2.25. The van der Waals surface area contributed by atoms with Crippen LogP contribution in [0.25, 0.3) is 27.5 Å². The zero-order valence-electron chi connectivity index (χ0n) is 19.2. The largest absolute Gasteiger partial charge is 0.310 e. The van der Waals surface area contributed by atoms with Gasteiger partial charge < -0.3 is 4.90 Å². The number of nitrogens with zero attached hydrogens (tertiary/aromatic N) is 4. The summed E-state index contributed by atoms with van der Waals surface area (Å²) in [6, 6.07) is 38.0. The Morgan fingerprint density at radius 2 is 1.15 bits per heavy atom. The Morgan fingerprint density at radius 3 is 1.85 bits per heavy atom. The standard InChI is InChI=1S/C30H24N4/c1-21-10-14-24(15-11-21)33(25-16-12-22(2)13-17-25)26-18-19-28-29(20-26)32-34(31-28)30-9-5-7-23-6-3-4-8-27(23)30/h3-20H,1-2H3. The van der Waals surface area contributed by atoms with E-state index < -0.39 is 0 Å². The summed E-state index contributed by atoms with van der Waals surface area (Å²) in [5.41, 5.74) is 8.43. The minimum absolute atomic E-state index is 0.856. The maximum Gasteiger partial charge on any atom is 0.115 e. The summed E-state index contributed by atoms with van der Waals surface area (Å²) >= 11 is 0. The second-order valence-corrected chi connectivity index (χ2v) is 8.67. The molecule has 0 radical (unpaired) electrons. The molecule has 164 valence electrons. The molecule has 0 aliphatic carbocycles. The van der Waals surface area contributed by atoms with Crippen LogP contribution in [0.15, 0.2) is 109 Å². The van der Waals surface area contributed by atoms with Crippen LogP contribution in [0.4, 0.5) is 17.1 Å². The minimum atomic E-state index is 0.856. The van der Waals surface area contributed by atoms with Gasteiger partial charge in [-0.2, -0.15) is 0 Å². The van der Waals surface area contributed by atoms with Crippen molar-refractivity contribution in [3.63, 3.8) is 0 Å². The maximum atomic E-state index is 4.87. The number of benzene rings is 5. The number of anilines is 3. The highest BCUT2D eigenvalue weighted by Crippen LogP contribution is 2.36. The van der Waals surface area contributed by atoms with Crippen LogP contribution in [-0.2, 0) is 0 Å². The number of aryl methyl sites for hydroxylation is 2. The summed E-state index contributed by atoms with van der Waals surface area (Å²) in [7, 11) is 0. The van der Waals surface area contributed by atoms with Crippen molar-refractivity contribution in [2.45, 2.75) is 13.8 Å². The summed E-state index contributed by atoms with van der Waals surface area (Å²) in [4.78, 5) is 4.01. The average Bonchev–Trinajstić information content (AvgIpc) is 3.29. The van der Waals surface area contributed by atoms with Crippen LogP contribution < -0.4 is 4.90 Å². The second-order valence-electron chi connectivity index (χ2n) is 8.67. The predicted octanol–water partition coefficient (Wildman–Crippen LogP) is 7.66. The summed E-state index contributed by atoms with van der Waals surface area (Å²) in [5, 5.41) is 12.0. The highest BCUT2D eigenvalue weighted by Gasteiger charge is 2.15. The van der Waals surface area contributed by atoms with E-state index in [1.165, 1.54) is 16.5 Å². The van der Waals surface area contributed by atoms with Gasteiger partial charge in [-0.05, 0) is 67.8 Å². The molecule has 6 aromatic rings. The van der Waals surface area contributed by atoms with Gasteiger partial charge in [0.2, 0.25) is 0 Å². The van der Waals surface area contributed by atoms with Crippen molar-refractivity contribution in [1.82, 2.24) is 15.0 Å². The van der Waals surface area contributed by atoms with E-state index in [1.807, 2.05) is 12.1 Å². The molecule has 6 rings (SSSR count). The van der Waals surface area contributed by atoms with Crippen LogP contribution in [0, 0.1) is 13.8 Å². The van der Waals surface area contributed by atoms with Gasteiger partial charge in [0.25, 0.3) is 0 Å². The SMILES string of the molecule is Cc1ccc(N(c2ccc(C)cc2)c2ccc3nn(-c4cccc5ccccc45)nc3c2)cc1. The first-order chi connectivity index (χ1) is 16.7. The van der Waals surface area contributed by atoms with Crippen molar-refractivity contribution in [3.8, 4) is 5.69 Å². The number of hydrogen-bond acceptors (Lipinski definition) is 3. The van der Waals surface area contributed by atoms with E-state index in [0.717, 1.165) is 39.2 Å². The van der Waals surface area contributed by atoms with E-state index in [-0.39, 0.29) is 0 Å². The lowest BCUT2D eigenvalue weighted by Crippen LogP contribution is -2.09. The molecular weight excluding hydrogens is 416 g/mol. The molecule has 0 spiro atoms. The Balaban J connectivity index is 1.48. The van der Waals surface area contributed by atoms with Gasteiger partial charge in [0.15, 0.2) is 0 Å². The van der Waals surface area contributed by atoms with Crippen LogP contribution in [0.1, 0.15) is 11.1 Å². The van der Waals surface area contributed by atoms with Gasteiger partial charge in [-0.3, -0.25) is 0 Å². The highest BCUT2D eigenvalue weighted by molar-refractivity contribution is 5.90. The third-order valence-corrected chi connectivity index (χ3v) is 6.19. The Labute approximate surface area is 198 Å². The average molecular weight is 441 g/mol. The summed E-state index contributed by atoms with van der Waals surface area (Å²) in [6.45, 7) is 4.22. The Kier molecular flexibility index (Phi) is 4.84. The maximum absolute atomic E-state index is 4.87. The zero-order chi connectivity index (χ0) is 23.1. The quantitative estimate of drug-likeness (QED) is 0.282. The van der Waals surface area contributed by atoms with E-state index >= 15 is 0 Å². The van der Waals surface area contributed by atoms with Crippen LogP contribution >= 0.6 is 0 Å². The smallest absolute Gasteiger partial charge is 0.115 e. The molecule has 5 aromatic carbocycles. The molecular formula is C30H24N4.